The second kappa shape index (κ2) is 5.99. The van der Waals surface area contributed by atoms with Crippen LogP contribution in [0.4, 0.5) is 0 Å². The molecule has 94 valence electrons. The van der Waals surface area contributed by atoms with Gasteiger partial charge in [-0.05, 0) is 32.2 Å². The molecule has 0 aromatic carbocycles. The molecule has 2 rings (SSSR count). The maximum absolute atomic E-state index is 5.98. The summed E-state index contributed by atoms with van der Waals surface area (Å²) in [5.74, 6) is 0. The van der Waals surface area contributed by atoms with Crippen molar-refractivity contribution in [3.63, 3.8) is 0 Å². The highest BCUT2D eigenvalue weighted by Crippen LogP contribution is 2.28. The molecule has 1 saturated heterocycles. The van der Waals surface area contributed by atoms with E-state index in [0.29, 0.717) is 12.1 Å². The van der Waals surface area contributed by atoms with Gasteiger partial charge in [-0.2, -0.15) is 0 Å². The van der Waals surface area contributed by atoms with E-state index in [9.17, 15) is 0 Å². The molecular weight excluding hydrogens is 200 g/mol. The summed E-state index contributed by atoms with van der Waals surface area (Å²) in [5.41, 5.74) is 5.98. The van der Waals surface area contributed by atoms with Gasteiger partial charge in [0.05, 0.1) is 6.10 Å². The zero-order valence-corrected chi connectivity index (χ0v) is 10.5. The van der Waals surface area contributed by atoms with E-state index in [4.69, 9.17) is 10.5 Å². The third-order valence-electron chi connectivity index (χ3n) is 4.22. The SMILES string of the molecule is CCN(C1CCCC1)C(CN)C1CCCO1. The number of nitrogens with two attached hydrogens (primary N) is 1. The van der Waals surface area contributed by atoms with Gasteiger partial charge in [0.1, 0.15) is 0 Å². The van der Waals surface area contributed by atoms with Crippen molar-refractivity contribution in [2.75, 3.05) is 19.7 Å². The van der Waals surface area contributed by atoms with E-state index in [0.717, 1.165) is 25.7 Å². The van der Waals surface area contributed by atoms with E-state index in [1.165, 1.54) is 38.5 Å². The van der Waals surface area contributed by atoms with Crippen LogP contribution in [0.15, 0.2) is 0 Å². The van der Waals surface area contributed by atoms with Gasteiger partial charge in [0.15, 0.2) is 0 Å². The Morgan fingerprint density at radius 1 is 1.25 bits per heavy atom. The second-order valence-electron chi connectivity index (χ2n) is 5.12. The van der Waals surface area contributed by atoms with E-state index in [-0.39, 0.29) is 0 Å². The zero-order chi connectivity index (χ0) is 11.4. The molecule has 2 aliphatic rings. The number of hydrogen-bond acceptors (Lipinski definition) is 3. The van der Waals surface area contributed by atoms with Gasteiger partial charge in [-0.15, -0.1) is 0 Å². The number of hydrogen-bond donors (Lipinski definition) is 1. The second-order valence-corrected chi connectivity index (χ2v) is 5.12. The Morgan fingerprint density at radius 2 is 2.00 bits per heavy atom. The third kappa shape index (κ3) is 2.58. The van der Waals surface area contributed by atoms with Gasteiger partial charge >= 0.3 is 0 Å². The lowest BCUT2D eigenvalue weighted by Gasteiger charge is -2.37. The standard InChI is InChI=1S/C13H26N2O/c1-2-15(11-6-3-4-7-11)12(10-14)13-8-5-9-16-13/h11-13H,2-10,14H2,1H3. The first-order chi connectivity index (χ1) is 7.86. The molecule has 0 aromatic heterocycles. The largest absolute Gasteiger partial charge is 0.377 e. The molecule has 0 aromatic rings. The van der Waals surface area contributed by atoms with E-state index >= 15 is 0 Å². The van der Waals surface area contributed by atoms with Crippen molar-refractivity contribution in [3.05, 3.63) is 0 Å². The first-order valence-corrected chi connectivity index (χ1v) is 6.94. The molecule has 1 heterocycles. The summed E-state index contributed by atoms with van der Waals surface area (Å²) in [4.78, 5) is 2.61. The Kier molecular flexibility index (Phi) is 4.62. The minimum absolute atomic E-state index is 0.394. The van der Waals surface area contributed by atoms with Gasteiger partial charge in [0.25, 0.3) is 0 Å². The molecule has 0 amide bonds. The van der Waals surface area contributed by atoms with Crippen molar-refractivity contribution in [1.29, 1.82) is 0 Å². The molecule has 1 saturated carbocycles. The van der Waals surface area contributed by atoms with Crippen molar-refractivity contribution in [1.82, 2.24) is 4.90 Å². The average Bonchev–Trinajstić information content (AvgIpc) is 2.97. The van der Waals surface area contributed by atoms with E-state index in [2.05, 4.69) is 11.8 Å². The molecule has 3 heteroatoms. The monoisotopic (exact) mass is 226 g/mol. The van der Waals surface area contributed by atoms with Gasteiger partial charge in [0, 0.05) is 25.2 Å². The van der Waals surface area contributed by atoms with Gasteiger partial charge in [-0.3, -0.25) is 4.90 Å². The summed E-state index contributed by atoms with van der Waals surface area (Å²) in [6.07, 6.45) is 8.31. The van der Waals surface area contributed by atoms with Crippen molar-refractivity contribution >= 4 is 0 Å². The van der Waals surface area contributed by atoms with E-state index in [1.807, 2.05) is 0 Å². The van der Waals surface area contributed by atoms with E-state index < -0.39 is 0 Å². The normalized spacial score (nSPS) is 29.1. The first kappa shape index (κ1) is 12.3. The molecule has 2 unspecified atom stereocenters. The van der Waals surface area contributed by atoms with Crippen molar-refractivity contribution in [2.45, 2.75) is 63.6 Å². The Balaban J connectivity index is 1.98. The van der Waals surface area contributed by atoms with Crippen LogP contribution in [0.3, 0.4) is 0 Å². The van der Waals surface area contributed by atoms with E-state index in [1.54, 1.807) is 0 Å². The van der Waals surface area contributed by atoms with Gasteiger partial charge in [0.2, 0.25) is 0 Å². The Hall–Kier alpha value is -0.120. The molecule has 1 aliphatic heterocycles. The smallest absolute Gasteiger partial charge is 0.0743 e. The maximum atomic E-state index is 5.98. The summed E-state index contributed by atoms with van der Waals surface area (Å²) in [5, 5.41) is 0. The lowest BCUT2D eigenvalue weighted by atomic mass is 10.0. The van der Waals surface area contributed by atoms with Crippen LogP contribution in [0.5, 0.6) is 0 Å². The minimum Gasteiger partial charge on any atom is -0.377 e. The van der Waals surface area contributed by atoms with Crippen molar-refractivity contribution in [2.24, 2.45) is 5.73 Å². The predicted molar refractivity (Wildman–Crippen MR) is 66.5 cm³/mol. The first-order valence-electron chi connectivity index (χ1n) is 6.94. The van der Waals surface area contributed by atoms with Crippen molar-refractivity contribution < 1.29 is 4.74 Å². The van der Waals surface area contributed by atoms with Crippen molar-refractivity contribution in [3.8, 4) is 0 Å². The number of rotatable bonds is 5. The Morgan fingerprint density at radius 3 is 2.50 bits per heavy atom. The summed E-state index contributed by atoms with van der Waals surface area (Å²) in [7, 11) is 0. The number of likely N-dealkylation sites (N-methyl/N-ethyl adjacent to an activating group) is 1. The Bertz CT molecular complexity index is 176. The van der Waals surface area contributed by atoms with Gasteiger partial charge in [-0.25, -0.2) is 0 Å². The number of ether oxygens (including phenoxy) is 1. The number of nitrogens with zero attached hydrogens (tertiary/aromatic N) is 1. The molecule has 0 bridgehead atoms. The lowest BCUT2D eigenvalue weighted by molar-refractivity contribution is 0.0117. The molecule has 2 atom stereocenters. The van der Waals surface area contributed by atoms with Crippen LogP contribution in [0.2, 0.25) is 0 Å². The molecular formula is C13H26N2O. The van der Waals surface area contributed by atoms with Gasteiger partial charge < -0.3 is 10.5 Å². The van der Waals surface area contributed by atoms with Crippen LogP contribution in [0, 0.1) is 0 Å². The summed E-state index contributed by atoms with van der Waals surface area (Å²) in [6.45, 7) is 5.06. The summed E-state index contributed by atoms with van der Waals surface area (Å²) in [6, 6.07) is 1.22. The minimum atomic E-state index is 0.394. The molecule has 16 heavy (non-hydrogen) atoms. The highest BCUT2D eigenvalue weighted by molar-refractivity contribution is 4.88. The fourth-order valence-electron chi connectivity index (χ4n) is 3.41. The molecule has 0 spiro atoms. The van der Waals surface area contributed by atoms with Crippen LogP contribution < -0.4 is 5.73 Å². The summed E-state index contributed by atoms with van der Waals surface area (Å²) >= 11 is 0. The van der Waals surface area contributed by atoms with Crippen LogP contribution in [0.25, 0.3) is 0 Å². The fraction of sp³-hybridized carbons (Fsp3) is 1.00. The lowest BCUT2D eigenvalue weighted by Crippen LogP contribution is -2.51. The topological polar surface area (TPSA) is 38.5 Å². The van der Waals surface area contributed by atoms with Crippen LogP contribution in [-0.4, -0.2) is 42.8 Å². The zero-order valence-electron chi connectivity index (χ0n) is 10.5. The fourth-order valence-corrected chi connectivity index (χ4v) is 3.41. The van der Waals surface area contributed by atoms with Gasteiger partial charge in [-0.1, -0.05) is 19.8 Å². The molecule has 3 nitrogen and oxygen atoms in total. The molecule has 1 aliphatic carbocycles. The van der Waals surface area contributed by atoms with Crippen LogP contribution in [0.1, 0.15) is 45.4 Å². The van der Waals surface area contributed by atoms with Crippen LogP contribution >= 0.6 is 0 Å². The summed E-state index contributed by atoms with van der Waals surface area (Å²) < 4.78 is 5.83. The highest BCUT2D eigenvalue weighted by Gasteiger charge is 2.33. The molecule has 2 N–H and O–H groups in total. The quantitative estimate of drug-likeness (QED) is 0.776. The molecule has 0 radical (unpaired) electrons. The Labute approximate surface area is 99.3 Å². The highest BCUT2D eigenvalue weighted by atomic mass is 16.5. The predicted octanol–water partition coefficient (Wildman–Crippen LogP) is 1.76. The van der Waals surface area contributed by atoms with Crippen LogP contribution in [-0.2, 0) is 4.74 Å². The third-order valence-corrected chi connectivity index (χ3v) is 4.22. The average molecular weight is 226 g/mol. The molecule has 2 fully saturated rings. The maximum Gasteiger partial charge on any atom is 0.0743 e.